The van der Waals surface area contributed by atoms with Crippen LogP contribution in [0.5, 0.6) is 0 Å². The standard InChI is InChI=1S/C19H29N3O2.2ClH.H2O/c1-16(2)21-7-9-22(10-8-21)19(23)18-5-3-17(4-6-18)15-20-11-13-24-14-12-20;;;/h3-6,16H,7-15H2,1-2H3;2*1H;1H2. The lowest BCUT2D eigenvalue weighted by atomic mass is 10.1. The van der Waals surface area contributed by atoms with Gasteiger partial charge < -0.3 is 15.1 Å². The first kappa shape index (κ1) is 26.1. The van der Waals surface area contributed by atoms with Gasteiger partial charge in [0.1, 0.15) is 0 Å². The number of hydrogen-bond donors (Lipinski definition) is 0. The molecule has 0 unspecified atom stereocenters. The molecular weight excluding hydrogens is 389 g/mol. The molecule has 0 aromatic heterocycles. The van der Waals surface area contributed by atoms with Crippen LogP contribution in [0.2, 0.25) is 0 Å². The van der Waals surface area contributed by atoms with Gasteiger partial charge in [-0.1, -0.05) is 12.1 Å². The van der Waals surface area contributed by atoms with Gasteiger partial charge in [-0.25, -0.2) is 0 Å². The summed E-state index contributed by atoms with van der Waals surface area (Å²) in [5, 5.41) is 0. The average Bonchev–Trinajstić information content (AvgIpc) is 2.63. The van der Waals surface area contributed by atoms with Crippen LogP contribution in [-0.2, 0) is 11.3 Å². The molecule has 0 bridgehead atoms. The Morgan fingerprint density at radius 3 is 2.04 bits per heavy atom. The first-order valence-corrected chi connectivity index (χ1v) is 9.06. The van der Waals surface area contributed by atoms with Crippen LogP contribution in [0.4, 0.5) is 0 Å². The molecule has 0 aliphatic carbocycles. The SMILES string of the molecule is CC(C)N1CCN(C(=O)c2ccc(CN3CCOCC3)cc2)CC1.Cl.Cl.O. The van der Waals surface area contributed by atoms with Crippen LogP contribution in [0, 0.1) is 0 Å². The number of hydrogen-bond acceptors (Lipinski definition) is 4. The van der Waals surface area contributed by atoms with Gasteiger partial charge in [0.15, 0.2) is 0 Å². The molecule has 2 heterocycles. The van der Waals surface area contributed by atoms with E-state index >= 15 is 0 Å². The van der Waals surface area contributed by atoms with Gasteiger partial charge in [0.05, 0.1) is 13.2 Å². The van der Waals surface area contributed by atoms with E-state index in [-0.39, 0.29) is 36.2 Å². The Morgan fingerprint density at radius 2 is 1.52 bits per heavy atom. The average molecular weight is 422 g/mol. The highest BCUT2D eigenvalue weighted by molar-refractivity contribution is 5.94. The third-order valence-electron chi connectivity index (χ3n) is 5.04. The molecule has 156 valence electrons. The molecule has 8 heteroatoms. The molecule has 1 aromatic rings. The van der Waals surface area contributed by atoms with E-state index in [0.29, 0.717) is 6.04 Å². The number of carbonyl (C=O) groups excluding carboxylic acids is 1. The lowest BCUT2D eigenvalue weighted by Gasteiger charge is -2.37. The molecule has 27 heavy (non-hydrogen) atoms. The zero-order valence-electron chi connectivity index (χ0n) is 16.2. The van der Waals surface area contributed by atoms with E-state index in [1.165, 1.54) is 5.56 Å². The van der Waals surface area contributed by atoms with E-state index in [4.69, 9.17) is 4.74 Å². The molecule has 3 rings (SSSR count). The number of nitrogens with zero attached hydrogens (tertiary/aromatic N) is 3. The molecule has 6 nitrogen and oxygen atoms in total. The maximum absolute atomic E-state index is 12.7. The van der Waals surface area contributed by atoms with E-state index in [2.05, 4.69) is 35.8 Å². The zero-order valence-corrected chi connectivity index (χ0v) is 17.9. The highest BCUT2D eigenvalue weighted by Gasteiger charge is 2.23. The molecule has 2 saturated heterocycles. The quantitative estimate of drug-likeness (QED) is 0.741. The van der Waals surface area contributed by atoms with Crippen LogP contribution in [0.3, 0.4) is 0 Å². The second kappa shape index (κ2) is 12.5. The molecule has 1 aromatic carbocycles. The number of benzene rings is 1. The number of halogens is 2. The molecular formula is C19H33Cl2N3O3. The summed E-state index contributed by atoms with van der Waals surface area (Å²) in [5.41, 5.74) is 2.07. The van der Waals surface area contributed by atoms with E-state index in [1.807, 2.05) is 17.0 Å². The predicted molar refractivity (Wildman–Crippen MR) is 113 cm³/mol. The molecule has 0 spiro atoms. The zero-order chi connectivity index (χ0) is 16.9. The van der Waals surface area contributed by atoms with Crippen LogP contribution in [0.15, 0.2) is 24.3 Å². The van der Waals surface area contributed by atoms with Gasteiger partial charge in [0, 0.05) is 57.4 Å². The molecule has 2 N–H and O–H groups in total. The van der Waals surface area contributed by atoms with Crippen molar-refractivity contribution in [3.05, 3.63) is 35.4 Å². The molecule has 0 radical (unpaired) electrons. The normalized spacial score (nSPS) is 18.3. The minimum absolute atomic E-state index is 0. The van der Waals surface area contributed by atoms with Crippen molar-refractivity contribution < 1.29 is 15.0 Å². The number of piperazine rings is 1. The van der Waals surface area contributed by atoms with Crippen LogP contribution in [0.1, 0.15) is 29.8 Å². The first-order valence-electron chi connectivity index (χ1n) is 9.06. The minimum Gasteiger partial charge on any atom is -0.412 e. The Kier molecular flexibility index (Phi) is 12.1. The second-order valence-corrected chi connectivity index (χ2v) is 7.01. The molecule has 0 atom stereocenters. The van der Waals surface area contributed by atoms with E-state index in [0.717, 1.165) is 64.6 Å². The fourth-order valence-corrected chi connectivity index (χ4v) is 3.39. The summed E-state index contributed by atoms with van der Waals surface area (Å²) < 4.78 is 5.38. The Hall–Kier alpha value is -0.890. The van der Waals surface area contributed by atoms with Gasteiger partial charge in [0.2, 0.25) is 0 Å². The Labute approximate surface area is 175 Å². The molecule has 2 aliphatic rings. The van der Waals surface area contributed by atoms with Crippen molar-refractivity contribution in [2.24, 2.45) is 0 Å². The number of morpholine rings is 1. The van der Waals surface area contributed by atoms with Gasteiger partial charge >= 0.3 is 0 Å². The van der Waals surface area contributed by atoms with Crippen molar-refractivity contribution in [3.8, 4) is 0 Å². The van der Waals surface area contributed by atoms with Crippen LogP contribution < -0.4 is 0 Å². The van der Waals surface area contributed by atoms with E-state index < -0.39 is 0 Å². The van der Waals surface area contributed by atoms with Crippen molar-refractivity contribution in [1.82, 2.24) is 14.7 Å². The third kappa shape index (κ3) is 7.22. The maximum atomic E-state index is 12.7. The highest BCUT2D eigenvalue weighted by atomic mass is 35.5. The lowest BCUT2D eigenvalue weighted by Crippen LogP contribution is -2.50. The van der Waals surface area contributed by atoms with Crippen molar-refractivity contribution in [1.29, 1.82) is 0 Å². The van der Waals surface area contributed by atoms with Gasteiger partial charge in [-0.15, -0.1) is 24.8 Å². The molecule has 1 amide bonds. The van der Waals surface area contributed by atoms with Crippen molar-refractivity contribution in [2.75, 3.05) is 52.5 Å². The van der Waals surface area contributed by atoms with Crippen molar-refractivity contribution in [2.45, 2.75) is 26.4 Å². The lowest BCUT2D eigenvalue weighted by molar-refractivity contribution is 0.0342. The van der Waals surface area contributed by atoms with Gasteiger partial charge in [-0.2, -0.15) is 0 Å². The van der Waals surface area contributed by atoms with Gasteiger partial charge in [0.25, 0.3) is 5.91 Å². The van der Waals surface area contributed by atoms with Crippen molar-refractivity contribution in [3.63, 3.8) is 0 Å². The Bertz CT molecular complexity index is 544. The largest absolute Gasteiger partial charge is 0.412 e. The summed E-state index contributed by atoms with van der Waals surface area (Å²) in [6.45, 7) is 12.6. The summed E-state index contributed by atoms with van der Waals surface area (Å²) in [4.78, 5) is 19.5. The summed E-state index contributed by atoms with van der Waals surface area (Å²) in [6, 6.07) is 8.70. The summed E-state index contributed by atoms with van der Waals surface area (Å²) in [6.07, 6.45) is 0. The first-order chi connectivity index (χ1) is 11.6. The van der Waals surface area contributed by atoms with E-state index in [9.17, 15) is 4.79 Å². The molecule has 0 saturated carbocycles. The predicted octanol–water partition coefficient (Wildman–Crippen LogP) is 1.70. The van der Waals surface area contributed by atoms with E-state index in [1.54, 1.807) is 0 Å². The maximum Gasteiger partial charge on any atom is 0.253 e. The van der Waals surface area contributed by atoms with Gasteiger partial charge in [-0.05, 0) is 31.5 Å². The smallest absolute Gasteiger partial charge is 0.253 e. The van der Waals surface area contributed by atoms with Gasteiger partial charge in [-0.3, -0.25) is 14.6 Å². The number of rotatable bonds is 4. The second-order valence-electron chi connectivity index (χ2n) is 7.01. The fraction of sp³-hybridized carbons (Fsp3) is 0.632. The highest BCUT2D eigenvalue weighted by Crippen LogP contribution is 2.13. The van der Waals surface area contributed by atoms with Crippen LogP contribution >= 0.6 is 24.8 Å². The minimum atomic E-state index is 0. The monoisotopic (exact) mass is 421 g/mol. The number of carbonyl (C=O) groups is 1. The third-order valence-corrected chi connectivity index (χ3v) is 5.04. The topological polar surface area (TPSA) is 67.5 Å². The summed E-state index contributed by atoms with van der Waals surface area (Å²) in [5.74, 6) is 0.163. The Morgan fingerprint density at radius 1 is 0.963 bits per heavy atom. The molecule has 2 aliphatic heterocycles. The molecule has 2 fully saturated rings. The number of amides is 1. The fourth-order valence-electron chi connectivity index (χ4n) is 3.39. The summed E-state index contributed by atoms with van der Waals surface area (Å²) in [7, 11) is 0. The van der Waals surface area contributed by atoms with Crippen LogP contribution in [0.25, 0.3) is 0 Å². The van der Waals surface area contributed by atoms with Crippen LogP contribution in [-0.4, -0.2) is 84.6 Å². The number of ether oxygens (including phenoxy) is 1. The summed E-state index contributed by atoms with van der Waals surface area (Å²) >= 11 is 0. The Balaban J connectivity index is 0.00000225. The van der Waals surface area contributed by atoms with Crippen molar-refractivity contribution >= 4 is 30.7 Å².